The van der Waals surface area contributed by atoms with Gasteiger partial charge in [0.25, 0.3) is 5.56 Å². The van der Waals surface area contributed by atoms with Gasteiger partial charge in [-0.3, -0.25) is 19.0 Å². The minimum Gasteiger partial charge on any atom is -0.494 e. The van der Waals surface area contributed by atoms with E-state index >= 15 is 0 Å². The number of hydrogen-bond acceptors (Lipinski definition) is 9. The van der Waals surface area contributed by atoms with Crippen LogP contribution in [0.5, 0.6) is 17.2 Å². The molecule has 2 amide bonds. The van der Waals surface area contributed by atoms with Gasteiger partial charge < -0.3 is 24.8 Å². The van der Waals surface area contributed by atoms with E-state index in [1.165, 1.54) is 23.1 Å². The molecule has 3 heterocycles. The van der Waals surface area contributed by atoms with Gasteiger partial charge in [0, 0.05) is 25.2 Å². The number of rotatable bonds is 12. The van der Waals surface area contributed by atoms with E-state index in [0.29, 0.717) is 58.7 Å². The molecule has 0 saturated heterocycles. The number of thiophene rings is 1. The van der Waals surface area contributed by atoms with E-state index in [0.717, 1.165) is 11.3 Å². The molecule has 10 nitrogen and oxygen atoms in total. The zero-order chi connectivity index (χ0) is 27.9. The Morgan fingerprint density at radius 3 is 2.75 bits per heavy atom. The second-order valence-corrected chi connectivity index (χ2v) is 10.7. The van der Waals surface area contributed by atoms with Gasteiger partial charge in [0.05, 0.1) is 17.9 Å². The predicted octanol–water partition coefficient (Wildman–Crippen LogP) is 4.41. The van der Waals surface area contributed by atoms with Gasteiger partial charge in [-0.05, 0) is 66.8 Å². The fourth-order valence-electron chi connectivity index (χ4n) is 4.10. The van der Waals surface area contributed by atoms with Crippen LogP contribution in [0, 0.1) is 0 Å². The lowest BCUT2D eigenvalue weighted by atomic mass is 10.2. The first-order valence-electron chi connectivity index (χ1n) is 12.8. The Morgan fingerprint density at radius 1 is 1.10 bits per heavy atom. The number of nitrogens with zero attached hydrogens (tertiary/aromatic N) is 2. The van der Waals surface area contributed by atoms with Gasteiger partial charge in [-0.1, -0.05) is 17.8 Å². The molecule has 0 radical (unpaired) electrons. The van der Waals surface area contributed by atoms with Crippen molar-refractivity contribution in [3.05, 3.63) is 69.8 Å². The monoisotopic (exact) mass is 580 g/mol. The van der Waals surface area contributed by atoms with Gasteiger partial charge >= 0.3 is 0 Å². The molecule has 1 aliphatic heterocycles. The standard InChI is InChI=1S/C28H28N4O6S2/c1-2-36-20-8-6-19(7-9-20)30-25(34)16-40-28-31-21-11-13-39-26(21)27(35)32(28)12-3-4-24(33)29-15-18-5-10-22-23(14-18)38-17-37-22/h5-11,13-14H,2-4,12,15-17H2,1H3,(H,29,33)(H,30,34). The minimum absolute atomic E-state index is 0.0747. The summed E-state index contributed by atoms with van der Waals surface area (Å²) < 4.78 is 18.2. The summed E-state index contributed by atoms with van der Waals surface area (Å²) in [6.07, 6.45) is 0.680. The molecular formula is C28H28N4O6S2. The van der Waals surface area contributed by atoms with Crippen molar-refractivity contribution in [3.63, 3.8) is 0 Å². The van der Waals surface area contributed by atoms with Crippen molar-refractivity contribution >= 4 is 50.8 Å². The van der Waals surface area contributed by atoms with E-state index in [4.69, 9.17) is 14.2 Å². The first-order chi connectivity index (χ1) is 19.5. The summed E-state index contributed by atoms with van der Waals surface area (Å²) in [6, 6.07) is 14.5. The number of hydrogen-bond donors (Lipinski definition) is 2. The van der Waals surface area contributed by atoms with Crippen LogP contribution in [-0.4, -0.2) is 40.5 Å². The van der Waals surface area contributed by atoms with Crippen molar-refractivity contribution in [1.29, 1.82) is 0 Å². The van der Waals surface area contributed by atoms with Crippen LogP contribution in [0.25, 0.3) is 10.2 Å². The molecule has 0 saturated carbocycles. The largest absolute Gasteiger partial charge is 0.494 e. The fourth-order valence-corrected chi connectivity index (χ4v) is 5.70. The third kappa shape index (κ3) is 6.75. The Bertz CT molecular complexity index is 1570. The molecule has 0 unspecified atom stereocenters. The van der Waals surface area contributed by atoms with Gasteiger partial charge in [-0.15, -0.1) is 11.3 Å². The molecule has 2 N–H and O–H groups in total. The number of carbonyl (C=O) groups excluding carboxylic acids is 2. The van der Waals surface area contributed by atoms with Crippen LogP contribution < -0.4 is 30.4 Å². The van der Waals surface area contributed by atoms with Gasteiger partial charge in [-0.2, -0.15) is 0 Å². The Hall–Kier alpha value is -4.03. The van der Waals surface area contributed by atoms with Crippen LogP contribution in [0.3, 0.4) is 0 Å². The highest BCUT2D eigenvalue weighted by atomic mass is 32.2. The molecule has 12 heteroatoms. The third-order valence-corrected chi connectivity index (χ3v) is 7.89. The lowest BCUT2D eigenvalue weighted by Crippen LogP contribution is -2.26. The summed E-state index contributed by atoms with van der Waals surface area (Å²) in [7, 11) is 0. The number of fused-ring (bicyclic) bond motifs is 2. The first-order valence-corrected chi connectivity index (χ1v) is 14.7. The van der Waals surface area contributed by atoms with Gasteiger partial charge in [0.1, 0.15) is 10.4 Å². The smallest absolute Gasteiger partial charge is 0.272 e. The Labute approximate surface area is 238 Å². The number of amides is 2. The number of anilines is 1. The average molecular weight is 581 g/mol. The maximum absolute atomic E-state index is 13.2. The van der Waals surface area contributed by atoms with Crippen molar-refractivity contribution in [2.24, 2.45) is 0 Å². The molecule has 0 aliphatic carbocycles. The Balaban J connectivity index is 1.17. The highest BCUT2D eigenvalue weighted by Gasteiger charge is 2.16. The molecule has 0 fully saturated rings. The van der Waals surface area contributed by atoms with Crippen molar-refractivity contribution in [3.8, 4) is 17.2 Å². The van der Waals surface area contributed by atoms with Gasteiger partial charge in [0.2, 0.25) is 18.6 Å². The van der Waals surface area contributed by atoms with E-state index in [2.05, 4.69) is 15.6 Å². The predicted molar refractivity (Wildman–Crippen MR) is 154 cm³/mol. The molecule has 1 aliphatic rings. The van der Waals surface area contributed by atoms with Crippen molar-refractivity contribution < 1.29 is 23.8 Å². The van der Waals surface area contributed by atoms with Crippen LogP contribution in [-0.2, 0) is 22.7 Å². The molecule has 0 atom stereocenters. The SMILES string of the molecule is CCOc1ccc(NC(=O)CSc2nc3ccsc3c(=O)n2CCCC(=O)NCc2ccc3c(c2)OCO3)cc1. The molecule has 2 aromatic heterocycles. The average Bonchev–Trinajstić information content (AvgIpc) is 3.63. The van der Waals surface area contributed by atoms with E-state index in [1.807, 2.05) is 30.5 Å². The van der Waals surface area contributed by atoms with Gasteiger partial charge in [-0.25, -0.2) is 4.98 Å². The quantitative estimate of drug-likeness (QED) is 0.187. The summed E-state index contributed by atoms with van der Waals surface area (Å²) in [6.45, 7) is 3.34. The number of ether oxygens (including phenoxy) is 3. The molecule has 0 bridgehead atoms. The Morgan fingerprint density at radius 2 is 1.93 bits per heavy atom. The highest BCUT2D eigenvalue weighted by molar-refractivity contribution is 7.99. The molecular weight excluding hydrogens is 552 g/mol. The molecule has 0 spiro atoms. The maximum atomic E-state index is 13.2. The van der Waals surface area contributed by atoms with Crippen molar-refractivity contribution in [2.45, 2.75) is 38.0 Å². The number of carbonyl (C=O) groups is 2. The number of benzene rings is 2. The molecule has 5 rings (SSSR count). The van der Waals surface area contributed by atoms with Crippen LogP contribution >= 0.6 is 23.1 Å². The number of nitrogens with one attached hydrogen (secondary N) is 2. The van der Waals surface area contributed by atoms with E-state index in [1.54, 1.807) is 34.9 Å². The van der Waals surface area contributed by atoms with Crippen LogP contribution in [0.1, 0.15) is 25.3 Å². The van der Waals surface area contributed by atoms with Gasteiger partial charge in [0.15, 0.2) is 16.7 Å². The molecule has 2 aromatic carbocycles. The lowest BCUT2D eigenvalue weighted by Gasteiger charge is -2.12. The lowest BCUT2D eigenvalue weighted by molar-refractivity contribution is -0.121. The second kappa shape index (κ2) is 12.9. The summed E-state index contributed by atoms with van der Waals surface area (Å²) in [5.41, 5.74) is 1.99. The normalized spacial score (nSPS) is 11.9. The second-order valence-electron chi connectivity index (χ2n) is 8.85. The summed E-state index contributed by atoms with van der Waals surface area (Å²) >= 11 is 2.52. The number of aromatic nitrogens is 2. The molecule has 40 heavy (non-hydrogen) atoms. The first kappa shape index (κ1) is 27.5. The molecule has 4 aromatic rings. The van der Waals surface area contributed by atoms with Crippen molar-refractivity contribution in [1.82, 2.24) is 14.9 Å². The van der Waals surface area contributed by atoms with Crippen LogP contribution in [0.4, 0.5) is 5.69 Å². The summed E-state index contributed by atoms with van der Waals surface area (Å²) in [4.78, 5) is 42.9. The summed E-state index contributed by atoms with van der Waals surface area (Å²) in [5, 5.41) is 8.02. The Kier molecular flexibility index (Phi) is 8.87. The van der Waals surface area contributed by atoms with E-state index in [-0.39, 0.29) is 36.3 Å². The topological polar surface area (TPSA) is 121 Å². The fraction of sp³-hybridized carbons (Fsp3) is 0.286. The van der Waals surface area contributed by atoms with E-state index in [9.17, 15) is 14.4 Å². The summed E-state index contributed by atoms with van der Waals surface area (Å²) in [5.74, 6) is 1.82. The molecule has 208 valence electrons. The highest BCUT2D eigenvalue weighted by Crippen LogP contribution is 2.32. The zero-order valence-electron chi connectivity index (χ0n) is 21.8. The van der Waals surface area contributed by atoms with Crippen molar-refractivity contribution in [2.75, 3.05) is 24.5 Å². The minimum atomic E-state index is -0.219. The van der Waals surface area contributed by atoms with E-state index < -0.39 is 0 Å². The zero-order valence-corrected chi connectivity index (χ0v) is 23.4. The maximum Gasteiger partial charge on any atom is 0.272 e. The third-order valence-electron chi connectivity index (χ3n) is 6.02. The van der Waals surface area contributed by atoms with Crippen LogP contribution in [0.15, 0.2) is 63.9 Å². The number of thioether (sulfide) groups is 1. The van der Waals surface area contributed by atoms with Crippen LogP contribution in [0.2, 0.25) is 0 Å².